The molecule has 2 unspecified atom stereocenters. The van der Waals surface area contributed by atoms with Crippen LogP contribution in [-0.2, 0) is 6.18 Å². The number of nitrogens with one attached hydrogen (secondary N) is 1. The summed E-state index contributed by atoms with van der Waals surface area (Å²) < 4.78 is 38.5. The third-order valence-electron chi connectivity index (χ3n) is 3.71. The highest BCUT2D eigenvalue weighted by atomic mass is 19.4. The average Bonchev–Trinajstić information content (AvgIpc) is 2.73. The Hall–Kier alpha value is -1.79. The van der Waals surface area contributed by atoms with Gasteiger partial charge in [-0.1, -0.05) is 13.3 Å². The van der Waals surface area contributed by atoms with Crippen molar-refractivity contribution in [2.24, 2.45) is 5.92 Å². The minimum absolute atomic E-state index is 0.123. The van der Waals surface area contributed by atoms with Gasteiger partial charge in [0.2, 0.25) is 0 Å². The summed E-state index contributed by atoms with van der Waals surface area (Å²) in [5, 5.41) is 13.7. The zero-order chi connectivity index (χ0) is 14.9. The molecule has 20 heavy (non-hydrogen) atoms. The smallest absolute Gasteiger partial charge is 0.382 e. The van der Waals surface area contributed by atoms with E-state index in [2.05, 4.69) is 5.32 Å². The van der Waals surface area contributed by atoms with Crippen molar-refractivity contribution >= 4 is 11.4 Å². The van der Waals surface area contributed by atoms with Crippen LogP contribution >= 0.6 is 0 Å². The van der Waals surface area contributed by atoms with Crippen molar-refractivity contribution in [1.82, 2.24) is 0 Å². The molecule has 110 valence electrons. The van der Waals surface area contributed by atoms with Gasteiger partial charge in [0, 0.05) is 17.8 Å². The van der Waals surface area contributed by atoms with Crippen LogP contribution in [0.3, 0.4) is 0 Å². The molecule has 0 bridgehead atoms. The summed E-state index contributed by atoms with van der Waals surface area (Å²) in [6, 6.07) is 3.18. The van der Waals surface area contributed by atoms with Crippen LogP contribution in [0.2, 0.25) is 0 Å². The number of hydrogen-bond donors (Lipinski definition) is 1. The summed E-state index contributed by atoms with van der Waals surface area (Å²) in [7, 11) is 0. The first kappa shape index (κ1) is 14.6. The van der Waals surface area contributed by atoms with Gasteiger partial charge in [0.1, 0.15) is 5.56 Å². The van der Waals surface area contributed by atoms with Crippen molar-refractivity contribution in [1.29, 1.82) is 0 Å². The predicted molar refractivity (Wildman–Crippen MR) is 68.5 cm³/mol. The molecule has 1 fully saturated rings. The number of anilines is 1. The SMILES string of the molecule is CC1CCCC1Nc1ccc([N+](=O)[O-])c(C(F)(F)F)c1. The van der Waals surface area contributed by atoms with Crippen molar-refractivity contribution in [3.8, 4) is 0 Å². The van der Waals surface area contributed by atoms with Gasteiger partial charge < -0.3 is 5.32 Å². The van der Waals surface area contributed by atoms with Crippen LogP contribution in [0, 0.1) is 16.0 Å². The molecular weight excluding hydrogens is 273 g/mol. The monoisotopic (exact) mass is 288 g/mol. The van der Waals surface area contributed by atoms with E-state index in [1.54, 1.807) is 0 Å². The van der Waals surface area contributed by atoms with Gasteiger partial charge in [-0.3, -0.25) is 10.1 Å². The van der Waals surface area contributed by atoms with E-state index in [1.807, 2.05) is 6.92 Å². The fourth-order valence-corrected chi connectivity index (χ4v) is 2.59. The normalized spacial score (nSPS) is 22.8. The minimum atomic E-state index is -4.73. The van der Waals surface area contributed by atoms with Crippen LogP contribution in [0.5, 0.6) is 0 Å². The Bertz CT molecular complexity index is 517. The topological polar surface area (TPSA) is 55.2 Å². The molecule has 0 saturated heterocycles. The summed E-state index contributed by atoms with van der Waals surface area (Å²) in [4.78, 5) is 9.65. The molecule has 1 aliphatic carbocycles. The molecule has 0 amide bonds. The molecule has 1 N–H and O–H groups in total. The number of halogens is 3. The molecule has 1 saturated carbocycles. The maximum atomic E-state index is 12.8. The molecule has 1 aromatic rings. The van der Waals surface area contributed by atoms with Gasteiger partial charge in [-0.05, 0) is 30.9 Å². The van der Waals surface area contributed by atoms with E-state index in [1.165, 1.54) is 6.07 Å². The predicted octanol–water partition coefficient (Wildman–Crippen LogP) is 4.21. The lowest BCUT2D eigenvalue weighted by Gasteiger charge is -2.19. The second-order valence-electron chi connectivity index (χ2n) is 5.15. The van der Waals surface area contributed by atoms with Crippen LogP contribution < -0.4 is 5.32 Å². The van der Waals surface area contributed by atoms with E-state index in [9.17, 15) is 23.3 Å². The third-order valence-corrected chi connectivity index (χ3v) is 3.71. The average molecular weight is 288 g/mol. The van der Waals surface area contributed by atoms with Gasteiger partial charge >= 0.3 is 6.18 Å². The molecule has 1 aliphatic rings. The van der Waals surface area contributed by atoms with E-state index >= 15 is 0 Å². The second kappa shape index (κ2) is 5.30. The molecule has 0 spiro atoms. The number of nitro benzene ring substituents is 1. The first-order valence-corrected chi connectivity index (χ1v) is 6.41. The van der Waals surface area contributed by atoms with Crippen molar-refractivity contribution < 1.29 is 18.1 Å². The summed E-state index contributed by atoms with van der Waals surface area (Å²) in [6.07, 6.45) is -1.75. The van der Waals surface area contributed by atoms with Gasteiger partial charge in [0.15, 0.2) is 0 Å². The fourth-order valence-electron chi connectivity index (χ4n) is 2.59. The standard InChI is InChI=1S/C13H15F3N2O2/c1-8-3-2-4-11(8)17-9-5-6-12(18(19)20)10(7-9)13(14,15)16/h5-8,11,17H,2-4H2,1H3. The Labute approximate surface area is 114 Å². The molecule has 0 aromatic heterocycles. The molecule has 1 aromatic carbocycles. The van der Waals surface area contributed by atoms with E-state index < -0.39 is 22.4 Å². The lowest BCUT2D eigenvalue weighted by Crippen LogP contribution is -2.22. The van der Waals surface area contributed by atoms with Gasteiger partial charge in [0.25, 0.3) is 5.69 Å². The Morgan fingerprint density at radius 2 is 2.05 bits per heavy atom. The van der Waals surface area contributed by atoms with E-state index in [4.69, 9.17) is 0 Å². The number of alkyl halides is 3. The first-order valence-electron chi connectivity index (χ1n) is 6.41. The summed E-state index contributed by atoms with van der Waals surface area (Å²) in [6.45, 7) is 2.04. The van der Waals surface area contributed by atoms with Crippen LogP contribution in [-0.4, -0.2) is 11.0 Å². The number of hydrogen-bond acceptors (Lipinski definition) is 3. The number of benzene rings is 1. The molecule has 7 heteroatoms. The number of rotatable bonds is 3. The van der Waals surface area contributed by atoms with Crippen molar-refractivity contribution in [2.45, 2.75) is 38.4 Å². The highest BCUT2D eigenvalue weighted by Gasteiger charge is 2.38. The van der Waals surface area contributed by atoms with Crippen molar-refractivity contribution in [3.05, 3.63) is 33.9 Å². The zero-order valence-corrected chi connectivity index (χ0v) is 10.9. The van der Waals surface area contributed by atoms with Gasteiger partial charge in [-0.25, -0.2) is 0 Å². The molecule has 4 nitrogen and oxygen atoms in total. The first-order chi connectivity index (χ1) is 9.29. The summed E-state index contributed by atoms with van der Waals surface area (Å²) in [5.74, 6) is 0.388. The lowest BCUT2D eigenvalue weighted by atomic mass is 10.1. The highest BCUT2D eigenvalue weighted by Crippen LogP contribution is 2.38. The van der Waals surface area contributed by atoms with Crippen LogP contribution in [0.25, 0.3) is 0 Å². The van der Waals surface area contributed by atoms with Crippen LogP contribution in [0.1, 0.15) is 31.7 Å². The largest absolute Gasteiger partial charge is 0.423 e. The van der Waals surface area contributed by atoms with Crippen molar-refractivity contribution in [3.63, 3.8) is 0 Å². The molecular formula is C13H15F3N2O2. The molecule has 0 aliphatic heterocycles. The third kappa shape index (κ3) is 3.02. The number of nitrogens with zero attached hydrogens (tertiary/aromatic N) is 1. The second-order valence-corrected chi connectivity index (χ2v) is 5.15. The maximum absolute atomic E-state index is 12.8. The van der Waals surface area contributed by atoms with Crippen molar-refractivity contribution in [2.75, 3.05) is 5.32 Å². The molecule has 0 radical (unpaired) electrons. The quantitative estimate of drug-likeness (QED) is 0.669. The van der Waals surface area contributed by atoms with Crippen LogP contribution in [0.15, 0.2) is 18.2 Å². The Morgan fingerprint density at radius 3 is 2.55 bits per heavy atom. The van der Waals surface area contributed by atoms with Gasteiger partial charge in [0.05, 0.1) is 4.92 Å². The Kier molecular flexibility index (Phi) is 3.87. The van der Waals surface area contributed by atoms with E-state index in [-0.39, 0.29) is 11.7 Å². The van der Waals surface area contributed by atoms with Gasteiger partial charge in [-0.2, -0.15) is 13.2 Å². The maximum Gasteiger partial charge on any atom is 0.423 e. The molecule has 0 heterocycles. The summed E-state index contributed by atoms with van der Waals surface area (Å²) >= 11 is 0. The highest BCUT2D eigenvalue weighted by molar-refractivity contribution is 5.55. The van der Waals surface area contributed by atoms with E-state index in [0.29, 0.717) is 5.92 Å². The number of nitro groups is 1. The fraction of sp³-hybridized carbons (Fsp3) is 0.538. The molecule has 2 atom stereocenters. The molecule has 2 rings (SSSR count). The van der Waals surface area contributed by atoms with Crippen LogP contribution in [0.4, 0.5) is 24.5 Å². The van der Waals surface area contributed by atoms with Gasteiger partial charge in [-0.15, -0.1) is 0 Å². The minimum Gasteiger partial charge on any atom is -0.382 e. The Morgan fingerprint density at radius 1 is 1.35 bits per heavy atom. The zero-order valence-electron chi connectivity index (χ0n) is 10.9. The summed E-state index contributed by atoms with van der Waals surface area (Å²) in [5.41, 5.74) is -1.85. The Balaban J connectivity index is 2.30. The lowest BCUT2D eigenvalue weighted by molar-refractivity contribution is -0.388. The van der Waals surface area contributed by atoms with E-state index in [0.717, 1.165) is 31.4 Å².